The molecule has 172 valence electrons. The van der Waals surface area contributed by atoms with Crippen molar-refractivity contribution in [1.82, 2.24) is 14.5 Å². The molecule has 5 rings (SSSR count). The number of aryl methyl sites for hydroxylation is 3. The molecule has 0 saturated carbocycles. The lowest BCUT2D eigenvalue weighted by Gasteiger charge is -2.17. The number of nitrogens with one attached hydrogen (secondary N) is 1. The third kappa shape index (κ3) is 4.24. The van der Waals surface area contributed by atoms with Gasteiger partial charge in [0.05, 0.1) is 17.8 Å². The van der Waals surface area contributed by atoms with Crippen LogP contribution in [0.25, 0.3) is 16.4 Å². The molecule has 7 nitrogen and oxygen atoms in total. The Hall–Kier alpha value is -3.78. The van der Waals surface area contributed by atoms with Crippen LogP contribution in [0.1, 0.15) is 23.4 Å². The van der Waals surface area contributed by atoms with Gasteiger partial charge in [0.1, 0.15) is 11.6 Å². The largest absolute Gasteiger partial charge is 0.312 e. The Morgan fingerprint density at radius 1 is 1.09 bits per heavy atom. The summed E-state index contributed by atoms with van der Waals surface area (Å²) in [5.41, 5.74) is 5.01. The highest BCUT2D eigenvalue weighted by atomic mass is 32.1. The van der Waals surface area contributed by atoms with E-state index in [2.05, 4.69) is 41.5 Å². The zero-order valence-corrected chi connectivity index (χ0v) is 20.1. The third-order valence-electron chi connectivity index (χ3n) is 6.03. The fourth-order valence-electron chi connectivity index (χ4n) is 4.15. The van der Waals surface area contributed by atoms with E-state index in [0.717, 1.165) is 33.5 Å². The van der Waals surface area contributed by atoms with Gasteiger partial charge >= 0.3 is 0 Å². The summed E-state index contributed by atoms with van der Waals surface area (Å²) in [4.78, 5) is 36.6. The number of aromatic nitrogens is 3. The summed E-state index contributed by atoms with van der Waals surface area (Å²) >= 11 is 1.49. The van der Waals surface area contributed by atoms with E-state index in [1.165, 1.54) is 16.9 Å². The maximum atomic E-state index is 13.1. The van der Waals surface area contributed by atoms with Crippen LogP contribution in [0.15, 0.2) is 60.1 Å². The standard InChI is InChI=1S/C26H25N5O2S/c1-16-7-9-19(10-8-16)22-15-34-26(28-22)31-18(3)27-13-23(31)29-25(33)20-12-24(32)30(14-20)21-6-4-5-17(2)11-21/h4-11,13,15,20H,12,14H2,1-3H3,(H,29,33). The number of hydrogen-bond acceptors (Lipinski definition) is 5. The number of imidazole rings is 1. The van der Waals surface area contributed by atoms with Crippen molar-refractivity contribution in [3.8, 4) is 16.4 Å². The number of benzene rings is 2. The van der Waals surface area contributed by atoms with Gasteiger partial charge in [-0.2, -0.15) is 0 Å². The Kier molecular flexibility index (Phi) is 5.75. The molecule has 2 aromatic heterocycles. The number of nitrogens with zero attached hydrogens (tertiary/aromatic N) is 4. The molecule has 1 aliphatic heterocycles. The molecule has 4 aromatic rings. The lowest BCUT2D eigenvalue weighted by Crippen LogP contribution is -2.28. The third-order valence-corrected chi connectivity index (χ3v) is 6.86. The molecule has 2 aromatic carbocycles. The van der Waals surface area contributed by atoms with Crippen LogP contribution in [0, 0.1) is 26.7 Å². The number of thiazole rings is 1. The van der Waals surface area contributed by atoms with Gasteiger partial charge in [0.2, 0.25) is 11.8 Å². The first kappa shape index (κ1) is 22.0. The predicted octanol–water partition coefficient (Wildman–Crippen LogP) is 4.91. The van der Waals surface area contributed by atoms with Crippen molar-refractivity contribution in [2.24, 2.45) is 5.92 Å². The molecule has 1 fully saturated rings. The molecule has 1 aliphatic rings. The molecule has 3 heterocycles. The number of rotatable bonds is 5. The summed E-state index contributed by atoms with van der Waals surface area (Å²) in [5.74, 6) is 0.604. The molecule has 2 amide bonds. The molecule has 0 bridgehead atoms. The minimum absolute atomic E-state index is 0.0434. The van der Waals surface area contributed by atoms with Gasteiger partial charge in [-0.05, 0) is 38.5 Å². The lowest BCUT2D eigenvalue weighted by atomic mass is 10.1. The van der Waals surface area contributed by atoms with Crippen LogP contribution in [0.3, 0.4) is 0 Å². The molecule has 1 unspecified atom stereocenters. The van der Waals surface area contributed by atoms with Crippen molar-refractivity contribution in [3.05, 3.63) is 77.1 Å². The van der Waals surface area contributed by atoms with E-state index >= 15 is 0 Å². The van der Waals surface area contributed by atoms with Crippen LogP contribution in [-0.4, -0.2) is 32.9 Å². The normalized spacial score (nSPS) is 15.7. The minimum atomic E-state index is -0.434. The Morgan fingerprint density at radius 2 is 1.88 bits per heavy atom. The van der Waals surface area contributed by atoms with E-state index in [1.54, 1.807) is 11.1 Å². The van der Waals surface area contributed by atoms with Gasteiger partial charge in [-0.25, -0.2) is 9.97 Å². The Morgan fingerprint density at radius 3 is 2.65 bits per heavy atom. The van der Waals surface area contributed by atoms with Crippen LogP contribution >= 0.6 is 11.3 Å². The Labute approximate surface area is 202 Å². The van der Waals surface area contributed by atoms with Crippen LogP contribution in [0.4, 0.5) is 11.5 Å². The minimum Gasteiger partial charge on any atom is -0.312 e. The summed E-state index contributed by atoms with van der Waals surface area (Å²) in [6.45, 7) is 6.27. The number of anilines is 2. The van der Waals surface area contributed by atoms with E-state index in [0.29, 0.717) is 12.4 Å². The van der Waals surface area contributed by atoms with Gasteiger partial charge in [0, 0.05) is 29.6 Å². The molecular formula is C26H25N5O2S. The molecule has 0 radical (unpaired) electrons. The summed E-state index contributed by atoms with van der Waals surface area (Å²) in [5, 5.41) is 5.71. The van der Waals surface area contributed by atoms with Gasteiger partial charge in [-0.3, -0.25) is 14.2 Å². The second kappa shape index (κ2) is 8.87. The van der Waals surface area contributed by atoms with Gasteiger partial charge in [-0.1, -0.05) is 42.0 Å². The average molecular weight is 472 g/mol. The van der Waals surface area contributed by atoms with Crippen LogP contribution in [0.5, 0.6) is 0 Å². The summed E-state index contributed by atoms with van der Waals surface area (Å²) in [6.07, 6.45) is 1.82. The highest BCUT2D eigenvalue weighted by Crippen LogP contribution is 2.30. The lowest BCUT2D eigenvalue weighted by molar-refractivity contribution is -0.122. The number of carbonyl (C=O) groups is 2. The molecule has 1 saturated heterocycles. The Bertz CT molecular complexity index is 1370. The van der Waals surface area contributed by atoms with E-state index in [4.69, 9.17) is 4.98 Å². The maximum absolute atomic E-state index is 13.1. The highest BCUT2D eigenvalue weighted by molar-refractivity contribution is 7.12. The summed E-state index contributed by atoms with van der Waals surface area (Å²) < 4.78 is 1.84. The molecule has 1 atom stereocenters. The number of carbonyl (C=O) groups excluding carboxylic acids is 2. The van der Waals surface area contributed by atoms with Gasteiger partial charge in [-0.15, -0.1) is 11.3 Å². The first-order chi connectivity index (χ1) is 16.4. The van der Waals surface area contributed by atoms with Crippen molar-refractivity contribution >= 4 is 34.7 Å². The van der Waals surface area contributed by atoms with Crippen molar-refractivity contribution in [2.45, 2.75) is 27.2 Å². The molecule has 0 spiro atoms. The smallest absolute Gasteiger partial charge is 0.230 e. The summed E-state index contributed by atoms with van der Waals surface area (Å²) in [6, 6.07) is 16.0. The monoisotopic (exact) mass is 471 g/mol. The number of amides is 2. The molecule has 34 heavy (non-hydrogen) atoms. The fraction of sp³-hybridized carbons (Fsp3) is 0.231. The fourth-order valence-corrected chi connectivity index (χ4v) is 5.05. The van der Waals surface area contributed by atoms with Crippen molar-refractivity contribution in [2.75, 3.05) is 16.8 Å². The molecule has 8 heteroatoms. The van der Waals surface area contributed by atoms with Crippen molar-refractivity contribution in [3.63, 3.8) is 0 Å². The predicted molar refractivity (Wildman–Crippen MR) is 134 cm³/mol. The second-order valence-corrected chi connectivity index (χ2v) is 9.48. The van der Waals surface area contributed by atoms with Crippen LogP contribution < -0.4 is 10.2 Å². The van der Waals surface area contributed by atoms with Crippen LogP contribution in [0.2, 0.25) is 0 Å². The molecular weight excluding hydrogens is 446 g/mol. The van der Waals surface area contributed by atoms with Crippen molar-refractivity contribution in [1.29, 1.82) is 0 Å². The first-order valence-corrected chi connectivity index (χ1v) is 12.0. The van der Waals surface area contributed by atoms with Crippen molar-refractivity contribution < 1.29 is 9.59 Å². The van der Waals surface area contributed by atoms with E-state index in [-0.39, 0.29) is 18.2 Å². The van der Waals surface area contributed by atoms with Gasteiger partial charge < -0.3 is 10.2 Å². The zero-order valence-electron chi connectivity index (χ0n) is 19.3. The van der Waals surface area contributed by atoms with E-state index < -0.39 is 5.92 Å². The maximum Gasteiger partial charge on any atom is 0.230 e. The SMILES string of the molecule is Cc1ccc(-c2csc(-n3c(NC(=O)C4CC(=O)N(c5cccc(C)c5)C4)cnc3C)n2)cc1. The van der Waals surface area contributed by atoms with E-state index in [1.807, 2.05) is 48.1 Å². The Balaban J connectivity index is 1.34. The second-order valence-electron chi connectivity index (χ2n) is 8.64. The molecule has 1 N–H and O–H groups in total. The average Bonchev–Trinajstić information content (AvgIpc) is 3.53. The van der Waals surface area contributed by atoms with Gasteiger partial charge in [0.25, 0.3) is 0 Å². The quantitative estimate of drug-likeness (QED) is 0.448. The topological polar surface area (TPSA) is 80.1 Å². The van der Waals surface area contributed by atoms with E-state index in [9.17, 15) is 9.59 Å². The zero-order chi connectivity index (χ0) is 23.8. The first-order valence-electron chi connectivity index (χ1n) is 11.1. The highest BCUT2D eigenvalue weighted by Gasteiger charge is 2.35. The van der Waals surface area contributed by atoms with Crippen LogP contribution in [-0.2, 0) is 9.59 Å². The van der Waals surface area contributed by atoms with Gasteiger partial charge in [0.15, 0.2) is 5.13 Å². The number of hydrogen-bond donors (Lipinski definition) is 1. The molecule has 0 aliphatic carbocycles. The summed E-state index contributed by atoms with van der Waals surface area (Å²) in [7, 11) is 0.